The Kier molecular flexibility index (Phi) is 5.28. The van der Waals surface area contributed by atoms with Gasteiger partial charge in [-0.25, -0.2) is 9.97 Å². The first-order valence-corrected chi connectivity index (χ1v) is 8.49. The van der Waals surface area contributed by atoms with Crippen molar-refractivity contribution in [3.63, 3.8) is 0 Å². The number of ether oxygens (including phenoxy) is 1. The van der Waals surface area contributed by atoms with Crippen LogP contribution in [0.3, 0.4) is 0 Å². The van der Waals surface area contributed by atoms with Gasteiger partial charge in [-0.15, -0.1) is 0 Å². The van der Waals surface area contributed by atoms with E-state index in [9.17, 15) is 4.79 Å². The van der Waals surface area contributed by atoms with Crippen molar-refractivity contribution in [2.45, 2.75) is 26.4 Å². The van der Waals surface area contributed by atoms with Crippen molar-refractivity contribution in [3.05, 3.63) is 53.6 Å². The molecule has 1 aromatic heterocycles. The van der Waals surface area contributed by atoms with Gasteiger partial charge in [-0.3, -0.25) is 9.69 Å². The fourth-order valence-corrected chi connectivity index (χ4v) is 3.33. The number of aromatic nitrogens is 2. The Hall–Kier alpha value is -2.47. The van der Waals surface area contributed by atoms with Crippen LogP contribution in [-0.2, 0) is 11.3 Å². The van der Waals surface area contributed by atoms with Crippen LogP contribution in [0.15, 0.2) is 36.5 Å². The van der Waals surface area contributed by atoms with Crippen molar-refractivity contribution >= 4 is 5.91 Å². The second kappa shape index (κ2) is 7.61. The van der Waals surface area contributed by atoms with E-state index in [1.807, 2.05) is 36.1 Å². The first-order chi connectivity index (χ1) is 12.1. The number of benzene rings is 1. The molecule has 2 aromatic rings. The standard InChI is InChI=1S/C19H24N4O2/c1-14-20-9-8-16(21-14)12-23-11-10-22(15(2)24)13-18(23)17-6-4-5-7-19(17)25-3/h4-9,18H,10-13H2,1-3H3/t18-/m0/s1. The molecule has 0 saturated carbocycles. The lowest BCUT2D eigenvalue weighted by molar-refractivity contribution is -0.132. The van der Waals surface area contributed by atoms with Crippen LogP contribution in [0.4, 0.5) is 0 Å². The number of amides is 1. The summed E-state index contributed by atoms with van der Waals surface area (Å²) in [7, 11) is 1.68. The Labute approximate surface area is 148 Å². The smallest absolute Gasteiger partial charge is 0.219 e. The maximum atomic E-state index is 11.9. The Bertz CT molecular complexity index is 750. The summed E-state index contributed by atoms with van der Waals surface area (Å²) in [6.45, 7) is 6.42. The monoisotopic (exact) mass is 340 g/mol. The van der Waals surface area contributed by atoms with Gasteiger partial charge in [0.2, 0.25) is 5.91 Å². The third-order valence-corrected chi connectivity index (χ3v) is 4.63. The van der Waals surface area contributed by atoms with Gasteiger partial charge in [0.1, 0.15) is 11.6 Å². The van der Waals surface area contributed by atoms with Crippen molar-refractivity contribution in [1.82, 2.24) is 19.8 Å². The zero-order valence-corrected chi connectivity index (χ0v) is 15.0. The molecular weight excluding hydrogens is 316 g/mol. The molecule has 0 radical (unpaired) electrons. The van der Waals surface area contributed by atoms with E-state index in [4.69, 9.17) is 4.74 Å². The van der Waals surface area contributed by atoms with Crippen molar-refractivity contribution in [2.75, 3.05) is 26.7 Å². The Morgan fingerprint density at radius 2 is 2.08 bits per heavy atom. The van der Waals surface area contributed by atoms with Crippen molar-refractivity contribution in [2.24, 2.45) is 0 Å². The summed E-state index contributed by atoms with van der Waals surface area (Å²) >= 11 is 0. The van der Waals surface area contributed by atoms with Crippen LogP contribution in [0, 0.1) is 6.92 Å². The summed E-state index contributed by atoms with van der Waals surface area (Å²) in [5.74, 6) is 1.73. The molecule has 3 rings (SSSR count). The molecule has 6 heteroatoms. The van der Waals surface area contributed by atoms with Gasteiger partial charge in [0, 0.05) is 44.9 Å². The van der Waals surface area contributed by atoms with Crippen molar-refractivity contribution in [1.29, 1.82) is 0 Å². The van der Waals surface area contributed by atoms with Gasteiger partial charge < -0.3 is 9.64 Å². The number of carbonyl (C=O) groups is 1. The highest BCUT2D eigenvalue weighted by Crippen LogP contribution is 2.33. The average molecular weight is 340 g/mol. The third kappa shape index (κ3) is 3.96. The van der Waals surface area contributed by atoms with E-state index in [1.54, 1.807) is 20.2 Å². The summed E-state index contributed by atoms with van der Waals surface area (Å²) in [5.41, 5.74) is 2.09. The summed E-state index contributed by atoms with van der Waals surface area (Å²) in [5, 5.41) is 0. The number of rotatable bonds is 4. The van der Waals surface area contributed by atoms with Crippen LogP contribution in [0.25, 0.3) is 0 Å². The first kappa shape index (κ1) is 17.4. The van der Waals surface area contributed by atoms with Crippen molar-refractivity contribution in [3.8, 4) is 5.75 Å². The second-order valence-electron chi connectivity index (χ2n) is 6.29. The molecule has 1 aromatic carbocycles. The number of carbonyl (C=O) groups excluding carboxylic acids is 1. The Balaban J connectivity index is 1.90. The molecule has 1 fully saturated rings. The van der Waals surface area contributed by atoms with Crippen molar-refractivity contribution < 1.29 is 9.53 Å². The van der Waals surface area contributed by atoms with Gasteiger partial charge >= 0.3 is 0 Å². The molecule has 6 nitrogen and oxygen atoms in total. The van der Waals surface area contributed by atoms with E-state index < -0.39 is 0 Å². The van der Waals surface area contributed by atoms with E-state index >= 15 is 0 Å². The first-order valence-electron chi connectivity index (χ1n) is 8.49. The molecule has 132 valence electrons. The molecule has 1 amide bonds. The minimum absolute atomic E-state index is 0.0732. The van der Waals surface area contributed by atoms with Gasteiger partial charge in [-0.05, 0) is 19.1 Å². The molecule has 1 atom stereocenters. The SMILES string of the molecule is COc1ccccc1[C@@H]1CN(C(C)=O)CCN1Cc1ccnc(C)n1. The molecule has 1 saturated heterocycles. The molecule has 2 heterocycles. The van der Waals surface area contributed by atoms with Gasteiger partial charge in [0.25, 0.3) is 0 Å². The molecule has 25 heavy (non-hydrogen) atoms. The lowest BCUT2D eigenvalue weighted by Gasteiger charge is -2.41. The van der Waals surface area contributed by atoms with Gasteiger partial charge in [0.05, 0.1) is 18.8 Å². The number of hydrogen-bond acceptors (Lipinski definition) is 5. The molecule has 0 unspecified atom stereocenters. The summed E-state index contributed by atoms with van der Waals surface area (Å²) in [6, 6.07) is 10.0. The van der Waals surface area contributed by atoms with Gasteiger partial charge in [-0.1, -0.05) is 18.2 Å². The van der Waals surface area contributed by atoms with E-state index in [0.29, 0.717) is 6.54 Å². The van der Waals surface area contributed by atoms with E-state index in [0.717, 1.165) is 42.5 Å². The van der Waals surface area contributed by atoms with Crippen LogP contribution in [0.2, 0.25) is 0 Å². The van der Waals surface area contributed by atoms with Crippen LogP contribution in [0.1, 0.15) is 30.0 Å². The number of hydrogen-bond donors (Lipinski definition) is 0. The van der Waals surface area contributed by atoms with E-state index in [-0.39, 0.29) is 11.9 Å². The van der Waals surface area contributed by atoms with Crippen LogP contribution in [-0.4, -0.2) is 52.4 Å². The number of aryl methyl sites for hydroxylation is 1. The summed E-state index contributed by atoms with van der Waals surface area (Å²) in [6.07, 6.45) is 1.79. The topological polar surface area (TPSA) is 58.6 Å². The molecule has 1 aliphatic rings. The number of piperazine rings is 1. The fourth-order valence-electron chi connectivity index (χ4n) is 3.33. The van der Waals surface area contributed by atoms with Crippen LogP contribution >= 0.6 is 0 Å². The minimum Gasteiger partial charge on any atom is -0.496 e. The molecule has 0 spiro atoms. The third-order valence-electron chi connectivity index (χ3n) is 4.63. The highest BCUT2D eigenvalue weighted by Gasteiger charge is 2.31. The summed E-state index contributed by atoms with van der Waals surface area (Å²) in [4.78, 5) is 24.9. The normalized spacial score (nSPS) is 18.2. The van der Waals surface area contributed by atoms with Crippen LogP contribution in [0.5, 0.6) is 5.75 Å². The second-order valence-corrected chi connectivity index (χ2v) is 6.29. The quantitative estimate of drug-likeness (QED) is 0.854. The zero-order chi connectivity index (χ0) is 17.8. The predicted molar refractivity (Wildman–Crippen MR) is 95.2 cm³/mol. The van der Waals surface area contributed by atoms with Crippen LogP contribution < -0.4 is 4.74 Å². The number of para-hydroxylation sites is 1. The molecule has 0 aliphatic carbocycles. The largest absolute Gasteiger partial charge is 0.496 e. The zero-order valence-electron chi connectivity index (χ0n) is 15.0. The maximum Gasteiger partial charge on any atom is 0.219 e. The highest BCUT2D eigenvalue weighted by atomic mass is 16.5. The minimum atomic E-state index is 0.0732. The Morgan fingerprint density at radius 3 is 2.80 bits per heavy atom. The highest BCUT2D eigenvalue weighted by molar-refractivity contribution is 5.73. The number of methoxy groups -OCH3 is 1. The van der Waals surface area contributed by atoms with E-state index in [2.05, 4.69) is 20.9 Å². The number of nitrogens with zero attached hydrogens (tertiary/aromatic N) is 4. The molecule has 1 aliphatic heterocycles. The Morgan fingerprint density at radius 1 is 1.28 bits per heavy atom. The summed E-state index contributed by atoms with van der Waals surface area (Å²) < 4.78 is 5.56. The van der Waals surface area contributed by atoms with E-state index in [1.165, 1.54) is 0 Å². The fraction of sp³-hybridized carbons (Fsp3) is 0.421. The lowest BCUT2D eigenvalue weighted by Crippen LogP contribution is -2.49. The van der Waals surface area contributed by atoms with Gasteiger partial charge in [0.15, 0.2) is 0 Å². The molecule has 0 bridgehead atoms. The lowest BCUT2D eigenvalue weighted by atomic mass is 10.0. The maximum absolute atomic E-state index is 11.9. The predicted octanol–water partition coefficient (Wildman–Crippen LogP) is 2.20. The van der Waals surface area contributed by atoms with Gasteiger partial charge in [-0.2, -0.15) is 0 Å². The molecular formula is C19H24N4O2. The average Bonchev–Trinajstić information content (AvgIpc) is 2.62. The molecule has 0 N–H and O–H groups in total.